The molecule has 0 bridgehead atoms. The molecule has 1 N–H and O–H groups in total. The second-order valence-electron chi connectivity index (χ2n) is 11.3. The van der Waals surface area contributed by atoms with Crippen molar-refractivity contribution in [2.45, 2.75) is 104 Å². The van der Waals surface area contributed by atoms with Crippen LogP contribution in [0.4, 0.5) is 0 Å². The Morgan fingerprint density at radius 3 is 2.69 bits per heavy atom. The molecule has 3 aliphatic rings. The Bertz CT molecular complexity index is 731. The number of fused-ring (bicyclic) bond motifs is 1. The summed E-state index contributed by atoms with van der Waals surface area (Å²) < 4.78 is 5.75. The molecule has 180 valence electrons. The van der Waals surface area contributed by atoms with Gasteiger partial charge < -0.3 is 9.84 Å². The van der Waals surface area contributed by atoms with Gasteiger partial charge in [0.05, 0.1) is 12.7 Å². The van der Waals surface area contributed by atoms with Gasteiger partial charge in [-0.1, -0.05) is 69.9 Å². The quantitative estimate of drug-likeness (QED) is 0.406. The van der Waals surface area contributed by atoms with E-state index in [9.17, 15) is 9.90 Å². The van der Waals surface area contributed by atoms with Gasteiger partial charge in [-0.2, -0.15) is 0 Å². The first-order chi connectivity index (χ1) is 15.2. The lowest BCUT2D eigenvalue weighted by atomic mass is 9.60. The summed E-state index contributed by atoms with van der Waals surface area (Å²) in [5.74, 6) is 2.41. The van der Waals surface area contributed by atoms with E-state index < -0.39 is 0 Å². The summed E-state index contributed by atoms with van der Waals surface area (Å²) in [4.78, 5) is 11.8. The van der Waals surface area contributed by atoms with E-state index in [1.807, 2.05) is 0 Å². The van der Waals surface area contributed by atoms with Gasteiger partial charge in [0.15, 0.2) is 0 Å². The molecule has 3 saturated carbocycles. The standard InChI is InChI=1S/C29H46O3/c1-20(2)8-6-9-22(4)27-15-16-28-24(10-7-17-29(27,28)19-32-23(5)30)12-13-25-18-26(31)14-11-21(25)3/h12-13,20,22,26-28,31H,3,6-11,14-19H2,1-2,4-5H3/b24-12+,25-13+/t22-,26+,27-,28+,29+/m1/s1. The highest BCUT2D eigenvalue weighted by Crippen LogP contribution is 2.60. The van der Waals surface area contributed by atoms with Crippen LogP contribution < -0.4 is 0 Å². The molecule has 0 aromatic carbocycles. The summed E-state index contributed by atoms with van der Waals surface area (Å²) in [6, 6.07) is 0. The fourth-order valence-electron chi connectivity index (χ4n) is 6.90. The van der Waals surface area contributed by atoms with Crippen molar-refractivity contribution in [1.29, 1.82) is 0 Å². The SMILES string of the molecule is C=C1CC[C@H](O)C/C1=C\C=C1/CCC[C@]2(COC(C)=O)[C@@H]([C@H](C)CCCC(C)C)CC[C@@H]12. The summed E-state index contributed by atoms with van der Waals surface area (Å²) >= 11 is 0. The van der Waals surface area contributed by atoms with Crippen LogP contribution in [0.1, 0.15) is 98.3 Å². The molecule has 0 saturated heterocycles. The lowest BCUT2D eigenvalue weighted by molar-refractivity contribution is -0.148. The fraction of sp³-hybridized carbons (Fsp3) is 0.759. The van der Waals surface area contributed by atoms with E-state index in [0.29, 0.717) is 24.4 Å². The van der Waals surface area contributed by atoms with Crippen molar-refractivity contribution in [3.05, 3.63) is 35.5 Å². The summed E-state index contributed by atoms with van der Waals surface area (Å²) in [5, 5.41) is 10.1. The molecule has 5 atom stereocenters. The first-order valence-corrected chi connectivity index (χ1v) is 13.1. The Labute approximate surface area is 196 Å². The number of hydrogen-bond acceptors (Lipinski definition) is 3. The van der Waals surface area contributed by atoms with Gasteiger partial charge in [0, 0.05) is 12.3 Å². The number of ether oxygens (including phenoxy) is 1. The fourth-order valence-corrected chi connectivity index (χ4v) is 6.90. The second kappa shape index (κ2) is 11.2. The van der Waals surface area contributed by atoms with E-state index in [-0.39, 0.29) is 17.5 Å². The molecule has 3 fully saturated rings. The van der Waals surface area contributed by atoms with Crippen LogP contribution in [-0.4, -0.2) is 23.8 Å². The van der Waals surface area contributed by atoms with Crippen LogP contribution in [0.15, 0.2) is 35.5 Å². The van der Waals surface area contributed by atoms with Crippen molar-refractivity contribution in [1.82, 2.24) is 0 Å². The van der Waals surface area contributed by atoms with Gasteiger partial charge in [0.1, 0.15) is 0 Å². The number of aliphatic hydroxyl groups excluding tert-OH is 1. The summed E-state index contributed by atoms with van der Waals surface area (Å²) in [7, 11) is 0. The van der Waals surface area contributed by atoms with Gasteiger partial charge in [0.2, 0.25) is 0 Å². The predicted molar refractivity (Wildman–Crippen MR) is 132 cm³/mol. The Morgan fingerprint density at radius 2 is 1.97 bits per heavy atom. The minimum atomic E-state index is -0.234. The molecule has 0 spiro atoms. The van der Waals surface area contributed by atoms with Gasteiger partial charge in [-0.05, 0) is 80.6 Å². The van der Waals surface area contributed by atoms with Crippen LogP contribution in [0.25, 0.3) is 0 Å². The third kappa shape index (κ3) is 5.95. The van der Waals surface area contributed by atoms with Crippen LogP contribution in [0.5, 0.6) is 0 Å². The molecule has 0 radical (unpaired) electrons. The van der Waals surface area contributed by atoms with Crippen molar-refractivity contribution in [2.24, 2.45) is 29.1 Å². The molecule has 0 aromatic heterocycles. The Kier molecular flexibility index (Phi) is 8.83. The Hall–Kier alpha value is -1.35. The maximum atomic E-state index is 11.8. The summed E-state index contributed by atoms with van der Waals surface area (Å²) in [6.07, 6.45) is 16.6. The van der Waals surface area contributed by atoms with Crippen molar-refractivity contribution >= 4 is 5.97 Å². The van der Waals surface area contributed by atoms with Crippen LogP contribution in [0.2, 0.25) is 0 Å². The minimum absolute atomic E-state index is 0.0919. The molecular weight excluding hydrogens is 396 g/mol. The average molecular weight is 443 g/mol. The molecule has 0 aliphatic heterocycles. The van der Waals surface area contributed by atoms with Gasteiger partial charge in [-0.15, -0.1) is 0 Å². The number of allylic oxidation sites excluding steroid dienone is 4. The van der Waals surface area contributed by atoms with Gasteiger partial charge in [0.25, 0.3) is 0 Å². The Morgan fingerprint density at radius 1 is 1.19 bits per heavy atom. The molecular formula is C29H46O3. The zero-order valence-corrected chi connectivity index (χ0v) is 21.0. The van der Waals surface area contributed by atoms with E-state index >= 15 is 0 Å². The molecule has 0 aromatic rings. The largest absolute Gasteiger partial charge is 0.465 e. The van der Waals surface area contributed by atoms with Crippen molar-refractivity contribution < 1.29 is 14.6 Å². The van der Waals surface area contributed by atoms with Crippen LogP contribution >= 0.6 is 0 Å². The van der Waals surface area contributed by atoms with Crippen molar-refractivity contribution in [3.8, 4) is 0 Å². The smallest absolute Gasteiger partial charge is 0.302 e. The van der Waals surface area contributed by atoms with E-state index in [1.54, 1.807) is 6.92 Å². The van der Waals surface area contributed by atoms with E-state index in [4.69, 9.17) is 4.74 Å². The van der Waals surface area contributed by atoms with E-state index in [1.165, 1.54) is 61.7 Å². The van der Waals surface area contributed by atoms with Crippen molar-refractivity contribution in [3.63, 3.8) is 0 Å². The van der Waals surface area contributed by atoms with Gasteiger partial charge in [-0.3, -0.25) is 4.79 Å². The van der Waals surface area contributed by atoms with Gasteiger partial charge in [-0.25, -0.2) is 0 Å². The number of rotatable bonds is 8. The number of carbonyl (C=O) groups excluding carboxylic acids is 1. The lowest BCUT2D eigenvalue weighted by Crippen LogP contribution is -2.43. The summed E-state index contributed by atoms with van der Waals surface area (Å²) in [5.41, 5.74) is 4.01. The first kappa shape index (κ1) is 25.3. The maximum Gasteiger partial charge on any atom is 0.302 e. The molecule has 0 amide bonds. The zero-order valence-electron chi connectivity index (χ0n) is 21.0. The van der Waals surface area contributed by atoms with Crippen LogP contribution in [0.3, 0.4) is 0 Å². The van der Waals surface area contributed by atoms with E-state index in [2.05, 4.69) is 39.5 Å². The molecule has 32 heavy (non-hydrogen) atoms. The number of carbonyl (C=O) groups is 1. The normalized spacial score (nSPS) is 34.2. The monoisotopic (exact) mass is 442 g/mol. The van der Waals surface area contributed by atoms with Crippen LogP contribution in [-0.2, 0) is 9.53 Å². The molecule has 3 aliphatic carbocycles. The Balaban J connectivity index is 1.82. The highest BCUT2D eigenvalue weighted by atomic mass is 16.5. The summed E-state index contributed by atoms with van der Waals surface area (Å²) in [6.45, 7) is 13.4. The zero-order chi connectivity index (χ0) is 23.3. The number of aliphatic hydroxyl groups is 1. The predicted octanol–water partition coefficient (Wildman–Crippen LogP) is 7.16. The van der Waals surface area contributed by atoms with Crippen LogP contribution in [0, 0.1) is 29.1 Å². The molecule has 0 heterocycles. The maximum absolute atomic E-state index is 11.8. The third-order valence-corrected chi connectivity index (χ3v) is 8.61. The molecule has 3 heteroatoms. The second-order valence-corrected chi connectivity index (χ2v) is 11.3. The molecule has 3 rings (SSSR count). The first-order valence-electron chi connectivity index (χ1n) is 13.1. The van der Waals surface area contributed by atoms with Gasteiger partial charge >= 0.3 is 5.97 Å². The highest BCUT2D eigenvalue weighted by molar-refractivity contribution is 5.66. The molecule has 3 nitrogen and oxygen atoms in total. The highest BCUT2D eigenvalue weighted by Gasteiger charge is 2.54. The number of esters is 1. The van der Waals surface area contributed by atoms with E-state index in [0.717, 1.165) is 31.6 Å². The lowest BCUT2D eigenvalue weighted by Gasteiger charge is -2.46. The minimum Gasteiger partial charge on any atom is -0.465 e. The topological polar surface area (TPSA) is 46.5 Å². The van der Waals surface area contributed by atoms with Crippen molar-refractivity contribution in [2.75, 3.05) is 6.61 Å². The number of hydrogen-bond donors (Lipinski definition) is 1. The molecule has 0 unspecified atom stereocenters. The third-order valence-electron chi connectivity index (χ3n) is 8.61. The average Bonchev–Trinajstić information content (AvgIpc) is 3.13.